The molecule has 0 saturated heterocycles. The summed E-state index contributed by atoms with van der Waals surface area (Å²) >= 11 is 3.36. The summed E-state index contributed by atoms with van der Waals surface area (Å²) < 4.78 is 3.73. The number of hydrogen-bond acceptors (Lipinski definition) is 4. The van der Waals surface area contributed by atoms with Crippen LogP contribution in [0.1, 0.15) is 35.4 Å². The lowest BCUT2D eigenvalue weighted by Gasteiger charge is -2.26. The van der Waals surface area contributed by atoms with E-state index in [1.807, 2.05) is 6.07 Å². The molecule has 1 fully saturated rings. The van der Waals surface area contributed by atoms with Crippen molar-refractivity contribution in [3.8, 4) is 0 Å². The number of benzene rings is 1. The molecule has 0 bridgehead atoms. The number of nitrogens with two attached hydrogens (primary N) is 1. The van der Waals surface area contributed by atoms with Crippen molar-refractivity contribution in [2.75, 3.05) is 0 Å². The zero-order chi connectivity index (χ0) is 15.1. The standard InChI is InChI=1S/C17H18N2OS2.ClH/c18-10-5-7-11(8-6-10)19-17(20)15-9-14-16(22-15)12-3-1-2-4-13(12)21-14;/h1-4,9-11H,5-8,18H2,(H,19,20);1H. The van der Waals surface area contributed by atoms with E-state index in [4.69, 9.17) is 5.73 Å². The first-order valence-corrected chi connectivity index (χ1v) is 9.31. The smallest absolute Gasteiger partial charge is 0.261 e. The average molecular weight is 367 g/mol. The van der Waals surface area contributed by atoms with Gasteiger partial charge in [-0.15, -0.1) is 35.1 Å². The molecule has 3 nitrogen and oxygen atoms in total. The summed E-state index contributed by atoms with van der Waals surface area (Å²) in [7, 11) is 0. The van der Waals surface area contributed by atoms with E-state index >= 15 is 0 Å². The quantitative estimate of drug-likeness (QED) is 0.699. The van der Waals surface area contributed by atoms with Crippen LogP contribution in [0.5, 0.6) is 0 Å². The van der Waals surface area contributed by atoms with Crippen molar-refractivity contribution in [1.82, 2.24) is 5.32 Å². The summed E-state index contributed by atoms with van der Waals surface area (Å²) in [6.45, 7) is 0. The number of hydrogen-bond donors (Lipinski definition) is 2. The topological polar surface area (TPSA) is 55.1 Å². The predicted octanol–water partition coefficient (Wildman–Crippen LogP) is 4.54. The summed E-state index contributed by atoms with van der Waals surface area (Å²) in [5.74, 6) is 0.0675. The van der Waals surface area contributed by atoms with Gasteiger partial charge in [-0.2, -0.15) is 0 Å². The molecule has 122 valence electrons. The highest BCUT2D eigenvalue weighted by atomic mass is 35.5. The van der Waals surface area contributed by atoms with Crippen LogP contribution in [-0.2, 0) is 0 Å². The lowest BCUT2D eigenvalue weighted by molar-refractivity contribution is 0.0930. The molecule has 1 amide bonds. The molecule has 2 heterocycles. The maximum absolute atomic E-state index is 12.5. The Balaban J connectivity index is 0.00000156. The van der Waals surface area contributed by atoms with Crippen LogP contribution in [0.4, 0.5) is 0 Å². The minimum Gasteiger partial charge on any atom is -0.349 e. The number of nitrogens with one attached hydrogen (secondary N) is 1. The summed E-state index contributed by atoms with van der Waals surface area (Å²) in [6, 6.07) is 11.0. The Labute approximate surface area is 149 Å². The minimum absolute atomic E-state index is 0. The average Bonchev–Trinajstić information content (AvgIpc) is 3.07. The van der Waals surface area contributed by atoms with E-state index in [-0.39, 0.29) is 24.4 Å². The molecule has 1 aromatic carbocycles. The van der Waals surface area contributed by atoms with Crippen LogP contribution in [0, 0.1) is 0 Å². The second kappa shape index (κ2) is 6.77. The Hall–Kier alpha value is -1.14. The first-order chi connectivity index (χ1) is 10.7. The summed E-state index contributed by atoms with van der Waals surface area (Å²) in [5.41, 5.74) is 5.92. The van der Waals surface area contributed by atoms with E-state index in [0.29, 0.717) is 6.04 Å². The van der Waals surface area contributed by atoms with Crippen molar-refractivity contribution in [1.29, 1.82) is 0 Å². The van der Waals surface area contributed by atoms with Gasteiger partial charge in [0.15, 0.2) is 0 Å². The maximum atomic E-state index is 12.5. The Morgan fingerprint density at radius 1 is 1.09 bits per heavy atom. The van der Waals surface area contributed by atoms with Crippen molar-refractivity contribution in [2.45, 2.75) is 37.8 Å². The van der Waals surface area contributed by atoms with Crippen molar-refractivity contribution in [2.24, 2.45) is 5.73 Å². The maximum Gasteiger partial charge on any atom is 0.261 e. The molecule has 0 atom stereocenters. The van der Waals surface area contributed by atoms with Crippen LogP contribution in [0.2, 0.25) is 0 Å². The first kappa shape index (κ1) is 16.7. The van der Waals surface area contributed by atoms with Gasteiger partial charge in [0, 0.05) is 26.9 Å². The molecular weight excluding hydrogens is 348 g/mol. The molecule has 1 aliphatic rings. The minimum atomic E-state index is 0. The number of carbonyl (C=O) groups is 1. The number of thiophene rings is 2. The van der Waals surface area contributed by atoms with Crippen molar-refractivity contribution in [3.05, 3.63) is 35.2 Å². The van der Waals surface area contributed by atoms with Gasteiger partial charge in [-0.05, 0) is 37.8 Å². The fourth-order valence-corrected chi connectivity index (χ4v) is 5.56. The third kappa shape index (κ3) is 3.24. The van der Waals surface area contributed by atoms with Gasteiger partial charge in [-0.1, -0.05) is 18.2 Å². The van der Waals surface area contributed by atoms with Crippen LogP contribution in [0.15, 0.2) is 30.3 Å². The molecule has 0 radical (unpaired) electrons. The number of rotatable bonds is 2. The SMILES string of the molecule is Cl.NC1CCC(NC(=O)c2cc3sc4ccccc4c3s2)CC1. The predicted molar refractivity (Wildman–Crippen MR) is 102 cm³/mol. The van der Waals surface area contributed by atoms with E-state index in [2.05, 4.69) is 29.6 Å². The summed E-state index contributed by atoms with van der Waals surface area (Å²) in [6.07, 6.45) is 4.01. The van der Waals surface area contributed by atoms with Gasteiger partial charge in [0.05, 0.1) is 9.58 Å². The van der Waals surface area contributed by atoms with Crippen LogP contribution in [-0.4, -0.2) is 18.0 Å². The van der Waals surface area contributed by atoms with E-state index in [9.17, 15) is 4.79 Å². The normalized spacial score (nSPS) is 21.3. The van der Waals surface area contributed by atoms with Crippen LogP contribution >= 0.6 is 35.1 Å². The van der Waals surface area contributed by atoms with Gasteiger partial charge in [0.25, 0.3) is 5.91 Å². The highest BCUT2D eigenvalue weighted by molar-refractivity contribution is 7.33. The Morgan fingerprint density at radius 3 is 2.61 bits per heavy atom. The van der Waals surface area contributed by atoms with Gasteiger partial charge in [-0.25, -0.2) is 0 Å². The number of fused-ring (bicyclic) bond motifs is 3. The molecule has 23 heavy (non-hydrogen) atoms. The lowest BCUT2D eigenvalue weighted by atomic mass is 9.92. The third-order valence-corrected chi connectivity index (χ3v) is 6.79. The Kier molecular flexibility index (Phi) is 4.92. The highest BCUT2D eigenvalue weighted by Gasteiger charge is 2.22. The van der Waals surface area contributed by atoms with Crippen LogP contribution in [0.25, 0.3) is 19.5 Å². The largest absolute Gasteiger partial charge is 0.349 e. The van der Waals surface area contributed by atoms with Gasteiger partial charge in [0.2, 0.25) is 0 Å². The highest BCUT2D eigenvalue weighted by Crippen LogP contribution is 2.39. The second-order valence-electron chi connectivity index (χ2n) is 5.99. The van der Waals surface area contributed by atoms with Crippen LogP contribution < -0.4 is 11.1 Å². The van der Waals surface area contributed by atoms with E-state index in [0.717, 1.165) is 30.6 Å². The van der Waals surface area contributed by atoms with E-state index < -0.39 is 0 Å². The van der Waals surface area contributed by atoms with Crippen LogP contribution in [0.3, 0.4) is 0 Å². The molecule has 0 unspecified atom stereocenters. The van der Waals surface area contributed by atoms with Gasteiger partial charge in [0.1, 0.15) is 0 Å². The molecule has 4 rings (SSSR count). The fraction of sp³-hybridized carbons (Fsp3) is 0.353. The van der Waals surface area contributed by atoms with E-state index in [1.54, 1.807) is 22.7 Å². The fourth-order valence-electron chi connectivity index (χ4n) is 3.13. The molecule has 1 saturated carbocycles. The number of halogens is 1. The zero-order valence-corrected chi connectivity index (χ0v) is 15.0. The van der Waals surface area contributed by atoms with Gasteiger partial charge >= 0.3 is 0 Å². The van der Waals surface area contributed by atoms with E-state index in [1.165, 1.54) is 19.5 Å². The number of amides is 1. The van der Waals surface area contributed by atoms with Crippen molar-refractivity contribution in [3.63, 3.8) is 0 Å². The second-order valence-corrected chi connectivity index (χ2v) is 8.12. The Bertz CT molecular complexity index is 833. The molecule has 2 aromatic heterocycles. The van der Waals surface area contributed by atoms with Crippen molar-refractivity contribution < 1.29 is 4.79 Å². The zero-order valence-electron chi connectivity index (χ0n) is 12.6. The molecule has 3 aromatic rings. The molecule has 1 aliphatic carbocycles. The van der Waals surface area contributed by atoms with Crippen molar-refractivity contribution >= 4 is 60.5 Å². The number of carbonyl (C=O) groups excluding carboxylic acids is 1. The van der Waals surface area contributed by atoms with Gasteiger partial charge < -0.3 is 11.1 Å². The first-order valence-electron chi connectivity index (χ1n) is 7.68. The third-order valence-electron chi connectivity index (χ3n) is 4.38. The Morgan fingerprint density at radius 2 is 1.83 bits per heavy atom. The summed E-state index contributed by atoms with van der Waals surface area (Å²) in [4.78, 5) is 13.3. The molecule has 6 heteroatoms. The summed E-state index contributed by atoms with van der Waals surface area (Å²) in [5, 5.41) is 4.43. The van der Waals surface area contributed by atoms with Gasteiger partial charge in [-0.3, -0.25) is 4.79 Å². The molecular formula is C17H19ClN2OS2. The molecule has 0 aliphatic heterocycles. The lowest BCUT2D eigenvalue weighted by Crippen LogP contribution is -2.40. The monoisotopic (exact) mass is 366 g/mol. The molecule has 0 spiro atoms. The molecule has 3 N–H and O–H groups in total.